The van der Waals surface area contributed by atoms with Crippen molar-refractivity contribution in [2.45, 2.75) is 0 Å². The van der Waals surface area contributed by atoms with Crippen LogP contribution in [0.2, 0.25) is 5.28 Å². The lowest BCUT2D eigenvalue weighted by molar-refractivity contribution is -0.119. The van der Waals surface area contributed by atoms with E-state index in [4.69, 9.17) is 21.4 Å². The zero-order chi connectivity index (χ0) is 15.1. The highest BCUT2D eigenvalue weighted by atomic mass is 35.5. The Kier molecular flexibility index (Phi) is 5.67. The minimum atomic E-state index is -0.218. The van der Waals surface area contributed by atoms with E-state index in [1.165, 1.54) is 6.33 Å². The Morgan fingerprint density at radius 2 is 2.29 bits per heavy atom. The van der Waals surface area contributed by atoms with Gasteiger partial charge in [-0.1, -0.05) is 0 Å². The van der Waals surface area contributed by atoms with Crippen LogP contribution in [0.15, 0.2) is 6.33 Å². The van der Waals surface area contributed by atoms with E-state index in [1.54, 1.807) is 0 Å². The molecule has 0 aliphatic rings. The molecule has 0 spiro atoms. The molecule has 0 saturated carbocycles. The summed E-state index contributed by atoms with van der Waals surface area (Å²) in [6.45, 7) is 0.956. The zero-order valence-electron chi connectivity index (χ0n) is 11.1. The van der Waals surface area contributed by atoms with Crippen LogP contribution in [0.1, 0.15) is 0 Å². The molecular formula is C11H15ClN6O3. The number of nitrogens with one attached hydrogen (secondary N) is 3. The van der Waals surface area contributed by atoms with Crippen LogP contribution in [0.5, 0.6) is 0 Å². The molecule has 0 unspecified atom stereocenters. The molecule has 0 atom stereocenters. The van der Waals surface area contributed by atoms with Crippen LogP contribution >= 0.6 is 11.6 Å². The van der Waals surface area contributed by atoms with E-state index in [2.05, 4.69) is 30.6 Å². The molecule has 9 nitrogen and oxygen atoms in total. The number of carbonyl (C=O) groups is 1. The number of aliphatic hydroxyl groups excluding tert-OH is 1. The van der Waals surface area contributed by atoms with Gasteiger partial charge in [-0.2, -0.15) is 9.97 Å². The number of rotatable bonds is 8. The Labute approximate surface area is 125 Å². The van der Waals surface area contributed by atoms with Gasteiger partial charge in [0.2, 0.25) is 11.2 Å². The number of aliphatic hydroxyl groups is 1. The smallest absolute Gasteiger partial charge is 0.239 e. The van der Waals surface area contributed by atoms with E-state index in [1.807, 2.05) is 0 Å². The van der Waals surface area contributed by atoms with Gasteiger partial charge in [0, 0.05) is 6.54 Å². The Hall–Kier alpha value is -1.97. The number of hydrogen-bond acceptors (Lipinski definition) is 7. The van der Waals surface area contributed by atoms with Gasteiger partial charge in [-0.15, -0.1) is 0 Å². The third-order valence-corrected chi connectivity index (χ3v) is 2.65. The molecule has 114 valence electrons. The van der Waals surface area contributed by atoms with E-state index >= 15 is 0 Å². The summed E-state index contributed by atoms with van der Waals surface area (Å²) < 4.78 is 5.02. The molecule has 2 rings (SSSR count). The fraction of sp³-hybridized carbons (Fsp3) is 0.455. The predicted octanol–water partition coefficient (Wildman–Crippen LogP) is -0.457. The summed E-state index contributed by atoms with van der Waals surface area (Å²) in [5.41, 5.74) is 1.01. The van der Waals surface area contributed by atoms with Crippen LogP contribution in [-0.2, 0) is 9.53 Å². The van der Waals surface area contributed by atoms with Crippen molar-refractivity contribution in [1.82, 2.24) is 25.3 Å². The van der Waals surface area contributed by atoms with Crippen LogP contribution in [0.3, 0.4) is 0 Å². The van der Waals surface area contributed by atoms with Gasteiger partial charge in [-0.05, 0) is 11.6 Å². The number of halogens is 1. The molecule has 2 aromatic heterocycles. The first-order valence-electron chi connectivity index (χ1n) is 6.26. The van der Waals surface area contributed by atoms with Crippen molar-refractivity contribution in [1.29, 1.82) is 0 Å². The molecule has 0 aliphatic heterocycles. The Morgan fingerprint density at radius 3 is 3.10 bits per heavy atom. The molecule has 0 aromatic carbocycles. The van der Waals surface area contributed by atoms with Gasteiger partial charge in [0.1, 0.15) is 5.52 Å². The number of ether oxygens (including phenoxy) is 1. The second kappa shape index (κ2) is 7.72. The summed E-state index contributed by atoms with van der Waals surface area (Å²) in [6, 6.07) is 0. The maximum atomic E-state index is 11.6. The molecule has 1 amide bonds. The Balaban J connectivity index is 1.81. The van der Waals surface area contributed by atoms with E-state index < -0.39 is 0 Å². The second-order valence-electron chi connectivity index (χ2n) is 3.98. The lowest BCUT2D eigenvalue weighted by Crippen LogP contribution is -2.32. The average molecular weight is 315 g/mol. The fourth-order valence-corrected chi connectivity index (χ4v) is 1.75. The number of H-pyrrole nitrogens is 1. The number of anilines is 1. The molecule has 2 heterocycles. The Bertz CT molecular complexity index is 605. The van der Waals surface area contributed by atoms with E-state index in [0.29, 0.717) is 30.1 Å². The first-order valence-corrected chi connectivity index (χ1v) is 6.64. The van der Waals surface area contributed by atoms with Crippen molar-refractivity contribution in [2.75, 3.05) is 38.2 Å². The average Bonchev–Trinajstić information content (AvgIpc) is 2.92. The van der Waals surface area contributed by atoms with Crippen molar-refractivity contribution in [2.24, 2.45) is 0 Å². The number of fused-ring (bicyclic) bond motifs is 1. The van der Waals surface area contributed by atoms with Crippen LogP contribution in [0, 0.1) is 0 Å². The molecular weight excluding hydrogens is 300 g/mol. The summed E-state index contributed by atoms with van der Waals surface area (Å²) in [6.07, 6.45) is 1.47. The van der Waals surface area contributed by atoms with Gasteiger partial charge in [0.15, 0.2) is 11.5 Å². The van der Waals surface area contributed by atoms with Crippen LogP contribution in [0.4, 0.5) is 5.82 Å². The highest BCUT2D eigenvalue weighted by Gasteiger charge is 2.09. The largest absolute Gasteiger partial charge is 0.394 e. The Morgan fingerprint density at radius 1 is 1.43 bits per heavy atom. The quantitative estimate of drug-likeness (QED) is 0.384. The number of amides is 1. The number of imidazole rings is 1. The standard InChI is InChI=1S/C11H15ClN6O3/c12-11-17-9(8-10(18-11)16-6-15-8)14-5-7(20)13-1-3-21-4-2-19/h6,19H,1-5H2,(H,13,20)(H2,14,15,16,17,18). The van der Waals surface area contributed by atoms with Gasteiger partial charge < -0.3 is 25.5 Å². The second-order valence-corrected chi connectivity index (χ2v) is 4.32. The molecule has 0 fully saturated rings. The van der Waals surface area contributed by atoms with Crippen molar-refractivity contribution >= 4 is 34.5 Å². The lowest BCUT2D eigenvalue weighted by atomic mass is 10.4. The van der Waals surface area contributed by atoms with E-state index in [9.17, 15) is 4.79 Å². The van der Waals surface area contributed by atoms with Crippen molar-refractivity contribution in [3.8, 4) is 0 Å². The van der Waals surface area contributed by atoms with Crippen LogP contribution in [-0.4, -0.2) is 63.9 Å². The summed E-state index contributed by atoms with van der Waals surface area (Å²) in [7, 11) is 0. The minimum Gasteiger partial charge on any atom is -0.394 e. The number of aromatic amines is 1. The van der Waals surface area contributed by atoms with Crippen molar-refractivity contribution in [3.63, 3.8) is 0 Å². The summed E-state index contributed by atoms with van der Waals surface area (Å²) in [5.74, 6) is 0.194. The van der Waals surface area contributed by atoms with Gasteiger partial charge in [0.05, 0.1) is 32.7 Å². The van der Waals surface area contributed by atoms with Gasteiger partial charge in [-0.3, -0.25) is 4.79 Å². The molecule has 10 heteroatoms. The maximum absolute atomic E-state index is 11.6. The first kappa shape index (κ1) is 15.4. The van der Waals surface area contributed by atoms with Gasteiger partial charge >= 0.3 is 0 Å². The molecule has 0 saturated heterocycles. The monoisotopic (exact) mass is 314 g/mol. The third-order valence-electron chi connectivity index (χ3n) is 2.48. The zero-order valence-corrected chi connectivity index (χ0v) is 11.9. The predicted molar refractivity (Wildman–Crippen MR) is 76.1 cm³/mol. The van der Waals surface area contributed by atoms with Crippen molar-refractivity contribution < 1.29 is 14.6 Å². The number of hydrogen-bond donors (Lipinski definition) is 4. The SMILES string of the molecule is O=C(CNc1nc(Cl)nc2nc[nH]c12)NCCOCCO. The highest BCUT2D eigenvalue weighted by Crippen LogP contribution is 2.17. The molecule has 0 aliphatic carbocycles. The summed E-state index contributed by atoms with van der Waals surface area (Å²) in [5, 5.41) is 14.1. The number of carbonyl (C=O) groups excluding carboxylic acids is 1. The van der Waals surface area contributed by atoms with Gasteiger partial charge in [0.25, 0.3) is 0 Å². The summed E-state index contributed by atoms with van der Waals surface area (Å²) >= 11 is 5.77. The normalized spacial score (nSPS) is 10.8. The van der Waals surface area contributed by atoms with E-state index in [0.717, 1.165) is 0 Å². The topological polar surface area (TPSA) is 125 Å². The third kappa shape index (κ3) is 4.52. The van der Waals surface area contributed by atoms with Gasteiger partial charge in [-0.25, -0.2) is 4.98 Å². The van der Waals surface area contributed by atoms with E-state index in [-0.39, 0.29) is 30.9 Å². The molecule has 2 aromatic rings. The van der Waals surface area contributed by atoms with Crippen LogP contribution < -0.4 is 10.6 Å². The molecule has 0 bridgehead atoms. The molecule has 4 N–H and O–H groups in total. The summed E-state index contributed by atoms with van der Waals surface area (Å²) in [4.78, 5) is 26.4. The molecule has 0 radical (unpaired) electrons. The highest BCUT2D eigenvalue weighted by molar-refractivity contribution is 6.28. The minimum absolute atomic E-state index is 0.0292. The van der Waals surface area contributed by atoms with Crippen molar-refractivity contribution in [3.05, 3.63) is 11.6 Å². The maximum Gasteiger partial charge on any atom is 0.239 e. The lowest BCUT2D eigenvalue weighted by Gasteiger charge is -2.08. The number of aromatic nitrogens is 4. The first-order chi connectivity index (χ1) is 10.2. The van der Waals surface area contributed by atoms with Crippen LogP contribution in [0.25, 0.3) is 11.2 Å². The fourth-order valence-electron chi connectivity index (χ4n) is 1.59. The number of nitrogens with zero attached hydrogens (tertiary/aromatic N) is 3. The molecule has 21 heavy (non-hydrogen) atoms.